The van der Waals surface area contributed by atoms with Crippen molar-refractivity contribution in [2.45, 2.75) is 0 Å². The van der Waals surface area contributed by atoms with E-state index in [1.54, 1.807) is 12.3 Å². The Hall–Kier alpha value is -1.36. The molecule has 1 aromatic heterocycles. The van der Waals surface area contributed by atoms with Crippen LogP contribution in [0.1, 0.15) is 5.56 Å². The van der Waals surface area contributed by atoms with E-state index in [0.29, 0.717) is 5.56 Å². The zero-order valence-corrected chi connectivity index (χ0v) is 4.13. The molecule has 1 rings (SSSR count). The molecule has 0 aromatic carbocycles. The number of rotatable bonds is 0. The average molecular weight is 103 g/mol. The summed E-state index contributed by atoms with van der Waals surface area (Å²) in [5.74, 6) is 0. The molecule has 0 atom stereocenters. The quantitative estimate of drug-likeness (QED) is 0.486. The lowest BCUT2D eigenvalue weighted by Crippen LogP contribution is -1.72. The van der Waals surface area contributed by atoms with Crippen LogP contribution >= 0.6 is 0 Å². The van der Waals surface area contributed by atoms with Crippen LogP contribution in [0.3, 0.4) is 0 Å². The van der Waals surface area contributed by atoms with Crippen LogP contribution in [0.15, 0.2) is 18.5 Å². The maximum absolute atomic E-state index is 8.23. The lowest BCUT2D eigenvalue weighted by molar-refractivity contribution is 1.30. The normalized spacial score (nSPS) is 7.88. The van der Waals surface area contributed by atoms with E-state index in [-0.39, 0.29) is 0 Å². The van der Waals surface area contributed by atoms with Gasteiger partial charge in [-0.25, -0.2) is 0 Å². The van der Waals surface area contributed by atoms with Crippen molar-refractivity contribution in [3.05, 3.63) is 30.1 Å². The molecule has 0 aliphatic carbocycles. The van der Waals surface area contributed by atoms with E-state index in [1.165, 1.54) is 6.20 Å². The van der Waals surface area contributed by atoms with Gasteiger partial charge in [0, 0.05) is 18.5 Å². The van der Waals surface area contributed by atoms with Gasteiger partial charge >= 0.3 is 0 Å². The number of nitriles is 1. The number of pyridine rings is 1. The summed E-state index contributed by atoms with van der Waals surface area (Å²) < 4.78 is 0. The Bertz CT molecular complexity index is 198. The minimum Gasteiger partial charge on any atom is -0.264 e. The molecule has 2 heteroatoms. The van der Waals surface area contributed by atoms with E-state index < -0.39 is 0 Å². The Labute approximate surface area is 47.4 Å². The highest BCUT2D eigenvalue weighted by molar-refractivity contribution is 5.23. The molecule has 0 aliphatic rings. The molecule has 0 fully saturated rings. The molecule has 0 N–H and O–H groups in total. The first-order chi connectivity index (χ1) is 3.93. The summed E-state index contributed by atoms with van der Waals surface area (Å²) in [6.45, 7) is 0. The van der Waals surface area contributed by atoms with Crippen molar-refractivity contribution in [1.29, 1.82) is 5.26 Å². The molecule has 1 heterocycles. The van der Waals surface area contributed by atoms with Crippen LogP contribution in [-0.4, -0.2) is 4.98 Å². The number of aromatic nitrogens is 1. The standard InChI is InChI=1S/C6H3N2/c7-5-6-1-3-8-4-2-6/h1,3-4H. The summed E-state index contributed by atoms with van der Waals surface area (Å²) in [5, 5.41) is 8.23. The lowest BCUT2D eigenvalue weighted by Gasteiger charge is -1.78. The van der Waals surface area contributed by atoms with Crippen molar-refractivity contribution in [3.63, 3.8) is 0 Å². The summed E-state index contributed by atoms with van der Waals surface area (Å²) in [7, 11) is 0. The SMILES string of the molecule is N#Cc1[c]cncc1. The average Bonchev–Trinajstić information content (AvgIpc) is 1.90. The predicted octanol–water partition coefficient (Wildman–Crippen LogP) is 0.753. The van der Waals surface area contributed by atoms with Gasteiger partial charge in [-0.3, -0.25) is 4.98 Å². The van der Waals surface area contributed by atoms with Crippen molar-refractivity contribution in [2.24, 2.45) is 0 Å². The summed E-state index contributed by atoms with van der Waals surface area (Å²) in [5.41, 5.74) is 0.528. The fourth-order valence-electron chi connectivity index (χ4n) is 0.385. The largest absolute Gasteiger partial charge is 0.264 e. The van der Waals surface area contributed by atoms with Gasteiger partial charge in [-0.15, -0.1) is 0 Å². The molecule has 0 spiro atoms. The highest BCUT2D eigenvalue weighted by Gasteiger charge is 1.81. The predicted molar refractivity (Wildman–Crippen MR) is 27.8 cm³/mol. The Morgan fingerprint density at radius 1 is 1.75 bits per heavy atom. The Morgan fingerprint density at radius 3 is 3.00 bits per heavy atom. The van der Waals surface area contributed by atoms with E-state index in [2.05, 4.69) is 11.1 Å². The van der Waals surface area contributed by atoms with E-state index in [1.807, 2.05) is 6.07 Å². The first-order valence-corrected chi connectivity index (χ1v) is 2.15. The van der Waals surface area contributed by atoms with Crippen molar-refractivity contribution in [1.82, 2.24) is 4.98 Å². The molecule has 0 amide bonds. The van der Waals surface area contributed by atoms with Crippen molar-refractivity contribution in [2.75, 3.05) is 0 Å². The van der Waals surface area contributed by atoms with Crippen molar-refractivity contribution >= 4 is 0 Å². The molecule has 1 radical (unpaired) electrons. The highest BCUT2D eigenvalue weighted by atomic mass is 14.6. The molecule has 0 unspecified atom stereocenters. The Morgan fingerprint density at radius 2 is 2.62 bits per heavy atom. The zero-order valence-electron chi connectivity index (χ0n) is 4.13. The van der Waals surface area contributed by atoms with E-state index in [9.17, 15) is 0 Å². The minimum atomic E-state index is 0.528. The molecule has 0 saturated carbocycles. The third-order valence-electron chi connectivity index (χ3n) is 0.742. The van der Waals surface area contributed by atoms with Gasteiger partial charge in [0.05, 0.1) is 11.6 Å². The molecular formula is C6H3N2. The monoisotopic (exact) mass is 103 g/mol. The van der Waals surface area contributed by atoms with Gasteiger partial charge < -0.3 is 0 Å². The topological polar surface area (TPSA) is 36.7 Å². The molecular weight excluding hydrogens is 100 g/mol. The minimum absolute atomic E-state index is 0.528. The maximum atomic E-state index is 8.23. The van der Waals surface area contributed by atoms with E-state index in [0.717, 1.165) is 0 Å². The lowest BCUT2D eigenvalue weighted by atomic mass is 10.3. The molecule has 0 aliphatic heterocycles. The van der Waals surface area contributed by atoms with E-state index in [4.69, 9.17) is 5.26 Å². The van der Waals surface area contributed by atoms with Crippen molar-refractivity contribution < 1.29 is 0 Å². The second kappa shape index (κ2) is 2.08. The van der Waals surface area contributed by atoms with Crippen LogP contribution in [0, 0.1) is 17.4 Å². The zero-order chi connectivity index (χ0) is 5.82. The fourth-order valence-corrected chi connectivity index (χ4v) is 0.385. The van der Waals surface area contributed by atoms with Crippen LogP contribution in [-0.2, 0) is 0 Å². The molecule has 1 aromatic rings. The van der Waals surface area contributed by atoms with Crippen LogP contribution in [0.4, 0.5) is 0 Å². The van der Waals surface area contributed by atoms with Gasteiger partial charge in [0.1, 0.15) is 0 Å². The Balaban J connectivity index is 3.05. The summed E-state index contributed by atoms with van der Waals surface area (Å²) >= 11 is 0. The van der Waals surface area contributed by atoms with E-state index >= 15 is 0 Å². The van der Waals surface area contributed by atoms with Gasteiger partial charge in [-0.2, -0.15) is 5.26 Å². The van der Waals surface area contributed by atoms with Gasteiger partial charge in [0.25, 0.3) is 0 Å². The van der Waals surface area contributed by atoms with Crippen LogP contribution < -0.4 is 0 Å². The first kappa shape index (κ1) is 4.79. The molecule has 37 valence electrons. The third-order valence-corrected chi connectivity index (χ3v) is 0.742. The van der Waals surface area contributed by atoms with Crippen LogP contribution in [0.25, 0.3) is 0 Å². The summed E-state index contributed by atoms with van der Waals surface area (Å²) in [4.78, 5) is 3.69. The maximum Gasteiger partial charge on any atom is 0.0999 e. The Kier molecular flexibility index (Phi) is 1.25. The second-order valence-electron chi connectivity index (χ2n) is 1.26. The van der Waals surface area contributed by atoms with Gasteiger partial charge in [-0.05, 0) is 6.07 Å². The fraction of sp³-hybridized carbons (Fsp3) is 0. The van der Waals surface area contributed by atoms with Gasteiger partial charge in [0.2, 0.25) is 0 Å². The smallest absolute Gasteiger partial charge is 0.0999 e. The van der Waals surface area contributed by atoms with Crippen LogP contribution in [0.2, 0.25) is 0 Å². The van der Waals surface area contributed by atoms with Gasteiger partial charge in [0.15, 0.2) is 0 Å². The number of hydrogen-bond acceptors (Lipinski definition) is 2. The van der Waals surface area contributed by atoms with Crippen molar-refractivity contribution in [3.8, 4) is 6.07 Å². The molecule has 0 saturated heterocycles. The van der Waals surface area contributed by atoms with Crippen LogP contribution in [0.5, 0.6) is 0 Å². The van der Waals surface area contributed by atoms with Gasteiger partial charge in [-0.1, -0.05) is 0 Å². The molecule has 8 heavy (non-hydrogen) atoms. The third kappa shape index (κ3) is 0.824. The second-order valence-corrected chi connectivity index (χ2v) is 1.26. The summed E-state index contributed by atoms with van der Waals surface area (Å²) in [6, 6.07) is 6.19. The molecule has 2 nitrogen and oxygen atoms in total. The first-order valence-electron chi connectivity index (χ1n) is 2.15. The number of nitrogens with zero attached hydrogens (tertiary/aromatic N) is 2. The highest BCUT2D eigenvalue weighted by Crippen LogP contribution is 1.88. The summed E-state index contributed by atoms with van der Waals surface area (Å²) in [6.07, 6.45) is 3.04. The number of hydrogen-bond donors (Lipinski definition) is 0. The molecule has 0 bridgehead atoms.